The van der Waals surface area contributed by atoms with E-state index < -0.39 is 0 Å². The Morgan fingerprint density at radius 1 is 1.12 bits per heavy atom. The average Bonchev–Trinajstić information content (AvgIpc) is 2.53. The third-order valence-electron chi connectivity index (χ3n) is 3.93. The van der Waals surface area contributed by atoms with E-state index in [0.29, 0.717) is 18.8 Å². The first kappa shape index (κ1) is 17.6. The number of aryl methyl sites for hydroxylation is 3. The van der Waals surface area contributed by atoms with Crippen LogP contribution in [-0.2, 0) is 6.54 Å². The van der Waals surface area contributed by atoms with E-state index in [9.17, 15) is 9.59 Å². The minimum Gasteiger partial charge on any atom is -0.496 e. The fourth-order valence-electron chi connectivity index (χ4n) is 2.38. The lowest BCUT2D eigenvalue weighted by Crippen LogP contribution is -2.34. The molecule has 0 radical (unpaired) electrons. The summed E-state index contributed by atoms with van der Waals surface area (Å²) >= 11 is 0. The number of urea groups is 1. The summed E-state index contributed by atoms with van der Waals surface area (Å²) in [7, 11) is 1.53. The molecule has 0 bridgehead atoms. The van der Waals surface area contributed by atoms with Gasteiger partial charge >= 0.3 is 6.03 Å². The van der Waals surface area contributed by atoms with Gasteiger partial charge in [-0.2, -0.15) is 0 Å². The van der Waals surface area contributed by atoms with E-state index in [-0.39, 0.29) is 11.6 Å². The number of nitrogens with one attached hydrogen (secondary N) is 2. The van der Waals surface area contributed by atoms with Crippen molar-refractivity contribution in [2.75, 3.05) is 19.0 Å². The number of pyridine rings is 1. The van der Waals surface area contributed by atoms with Gasteiger partial charge in [-0.25, -0.2) is 4.79 Å². The first-order chi connectivity index (χ1) is 11.4. The molecule has 6 nitrogen and oxygen atoms in total. The van der Waals surface area contributed by atoms with Gasteiger partial charge in [0.05, 0.1) is 7.11 Å². The molecule has 1 heterocycles. The molecule has 1 aromatic heterocycles. The molecule has 2 rings (SSSR count). The second-order valence-electron chi connectivity index (χ2n) is 5.71. The van der Waals surface area contributed by atoms with Crippen molar-refractivity contribution in [2.24, 2.45) is 0 Å². The third kappa shape index (κ3) is 4.38. The molecular formula is C18H23N3O3. The van der Waals surface area contributed by atoms with Crippen molar-refractivity contribution in [3.63, 3.8) is 0 Å². The van der Waals surface area contributed by atoms with Crippen LogP contribution >= 0.6 is 0 Å². The summed E-state index contributed by atoms with van der Waals surface area (Å²) < 4.78 is 6.66. The molecule has 0 unspecified atom stereocenters. The number of ether oxygens (including phenoxy) is 1. The third-order valence-corrected chi connectivity index (χ3v) is 3.93. The Morgan fingerprint density at radius 3 is 2.50 bits per heavy atom. The van der Waals surface area contributed by atoms with Gasteiger partial charge in [-0.3, -0.25) is 4.79 Å². The number of anilines is 1. The summed E-state index contributed by atoms with van der Waals surface area (Å²) in [5.74, 6) is 0.536. The van der Waals surface area contributed by atoms with Crippen LogP contribution in [0.3, 0.4) is 0 Å². The van der Waals surface area contributed by atoms with Crippen molar-refractivity contribution in [1.82, 2.24) is 9.88 Å². The van der Waals surface area contributed by atoms with Gasteiger partial charge in [0.15, 0.2) is 0 Å². The molecule has 0 atom stereocenters. The zero-order chi connectivity index (χ0) is 17.7. The maximum atomic E-state index is 12.0. The monoisotopic (exact) mass is 329 g/mol. The Kier molecular flexibility index (Phi) is 5.63. The van der Waals surface area contributed by atoms with Crippen molar-refractivity contribution in [3.05, 3.63) is 57.5 Å². The summed E-state index contributed by atoms with van der Waals surface area (Å²) in [4.78, 5) is 24.0. The molecule has 6 heteroatoms. The minimum atomic E-state index is -0.294. The first-order valence-corrected chi connectivity index (χ1v) is 7.78. The lowest BCUT2D eigenvalue weighted by Gasteiger charge is -2.13. The Balaban J connectivity index is 1.91. The topological polar surface area (TPSA) is 72.4 Å². The second kappa shape index (κ2) is 7.68. The van der Waals surface area contributed by atoms with Crippen LogP contribution in [0.1, 0.15) is 16.8 Å². The van der Waals surface area contributed by atoms with Crippen LogP contribution in [0.25, 0.3) is 0 Å². The number of carbonyl (C=O) groups excluding carboxylic acids is 1. The van der Waals surface area contributed by atoms with Crippen LogP contribution in [0, 0.1) is 20.8 Å². The molecular weight excluding hydrogens is 306 g/mol. The molecule has 128 valence electrons. The van der Waals surface area contributed by atoms with Gasteiger partial charge < -0.3 is 19.9 Å². The normalized spacial score (nSPS) is 10.3. The van der Waals surface area contributed by atoms with Crippen molar-refractivity contribution in [2.45, 2.75) is 27.3 Å². The largest absolute Gasteiger partial charge is 0.496 e. The molecule has 2 aromatic rings. The number of nitrogens with zero attached hydrogens (tertiary/aromatic N) is 1. The van der Waals surface area contributed by atoms with E-state index in [4.69, 9.17) is 4.74 Å². The van der Waals surface area contributed by atoms with Crippen molar-refractivity contribution in [3.8, 4) is 5.75 Å². The van der Waals surface area contributed by atoms with Crippen molar-refractivity contribution >= 4 is 11.7 Å². The van der Waals surface area contributed by atoms with E-state index in [2.05, 4.69) is 10.6 Å². The highest BCUT2D eigenvalue weighted by Gasteiger charge is 2.06. The van der Waals surface area contributed by atoms with E-state index in [1.807, 2.05) is 39.0 Å². The summed E-state index contributed by atoms with van der Waals surface area (Å²) in [5, 5.41) is 5.54. The summed E-state index contributed by atoms with van der Waals surface area (Å²) in [6, 6.07) is 8.68. The lowest BCUT2D eigenvalue weighted by atomic mass is 10.1. The Hall–Kier alpha value is -2.76. The number of carbonyl (C=O) groups is 1. The molecule has 0 saturated heterocycles. The highest BCUT2D eigenvalue weighted by atomic mass is 16.5. The molecule has 2 N–H and O–H groups in total. The highest BCUT2D eigenvalue weighted by Crippen LogP contribution is 2.13. The number of aromatic nitrogens is 1. The van der Waals surface area contributed by atoms with Crippen LogP contribution in [0.2, 0.25) is 0 Å². The van der Waals surface area contributed by atoms with E-state index in [0.717, 1.165) is 16.9 Å². The van der Waals surface area contributed by atoms with Gasteiger partial charge in [0.25, 0.3) is 5.56 Å². The van der Waals surface area contributed by atoms with E-state index >= 15 is 0 Å². The first-order valence-electron chi connectivity index (χ1n) is 7.78. The second-order valence-corrected chi connectivity index (χ2v) is 5.71. The molecule has 0 spiro atoms. The summed E-state index contributed by atoms with van der Waals surface area (Å²) in [6.07, 6.45) is 0. The predicted molar refractivity (Wildman–Crippen MR) is 94.9 cm³/mol. The van der Waals surface area contributed by atoms with Crippen LogP contribution < -0.4 is 20.9 Å². The molecule has 0 aliphatic carbocycles. The maximum absolute atomic E-state index is 12.0. The molecule has 2 amide bonds. The molecule has 0 saturated carbocycles. The number of benzene rings is 1. The van der Waals surface area contributed by atoms with Gasteiger partial charge in [0, 0.05) is 30.5 Å². The SMILES string of the molecule is COc1cc(C)n(CCNC(=O)Nc2ccc(C)c(C)c2)c(=O)c1. The number of methoxy groups -OCH3 is 1. The minimum absolute atomic E-state index is 0.150. The van der Waals surface area contributed by atoms with Crippen LogP contribution in [-0.4, -0.2) is 24.3 Å². The zero-order valence-corrected chi connectivity index (χ0v) is 14.5. The zero-order valence-electron chi connectivity index (χ0n) is 14.5. The van der Waals surface area contributed by atoms with Gasteiger partial charge in [0.1, 0.15) is 5.75 Å². The average molecular weight is 329 g/mol. The fourth-order valence-corrected chi connectivity index (χ4v) is 2.38. The van der Waals surface area contributed by atoms with Crippen molar-refractivity contribution < 1.29 is 9.53 Å². The smallest absolute Gasteiger partial charge is 0.319 e. The molecule has 0 fully saturated rings. The van der Waals surface area contributed by atoms with Crippen LogP contribution in [0.5, 0.6) is 5.75 Å². The fraction of sp³-hybridized carbons (Fsp3) is 0.333. The summed E-state index contributed by atoms with van der Waals surface area (Å²) in [6.45, 7) is 6.60. The van der Waals surface area contributed by atoms with Gasteiger partial charge in [0.2, 0.25) is 0 Å². The lowest BCUT2D eigenvalue weighted by molar-refractivity contribution is 0.251. The highest BCUT2D eigenvalue weighted by molar-refractivity contribution is 5.89. The van der Waals surface area contributed by atoms with Gasteiger partial charge in [-0.15, -0.1) is 0 Å². The van der Waals surface area contributed by atoms with Crippen molar-refractivity contribution in [1.29, 1.82) is 0 Å². The van der Waals surface area contributed by atoms with Gasteiger partial charge in [-0.05, 0) is 50.1 Å². The maximum Gasteiger partial charge on any atom is 0.319 e. The molecule has 1 aromatic carbocycles. The number of amides is 2. The van der Waals surface area contributed by atoms with Gasteiger partial charge in [-0.1, -0.05) is 6.07 Å². The van der Waals surface area contributed by atoms with Crippen LogP contribution in [0.4, 0.5) is 10.5 Å². The Morgan fingerprint density at radius 2 is 1.88 bits per heavy atom. The summed E-state index contributed by atoms with van der Waals surface area (Å²) in [5.41, 5.74) is 3.68. The van der Waals surface area contributed by atoms with Crippen LogP contribution in [0.15, 0.2) is 35.1 Å². The molecule has 0 aliphatic heterocycles. The molecule has 0 aliphatic rings. The predicted octanol–water partition coefficient (Wildman–Crippen LogP) is 2.60. The Bertz CT molecular complexity index is 797. The number of rotatable bonds is 5. The van der Waals surface area contributed by atoms with E-state index in [1.54, 1.807) is 10.6 Å². The number of hydrogen-bond acceptors (Lipinski definition) is 3. The quantitative estimate of drug-likeness (QED) is 0.885. The number of hydrogen-bond donors (Lipinski definition) is 2. The van der Waals surface area contributed by atoms with E-state index in [1.165, 1.54) is 18.7 Å². The standard InChI is InChI=1S/C18H23N3O3/c1-12-5-6-15(9-13(12)2)20-18(23)19-7-8-21-14(3)10-16(24-4)11-17(21)22/h5-6,9-11H,7-8H2,1-4H3,(H2,19,20,23). The Labute approximate surface area is 141 Å². The molecule has 24 heavy (non-hydrogen) atoms.